The van der Waals surface area contributed by atoms with Gasteiger partial charge in [0.2, 0.25) is 0 Å². The monoisotopic (exact) mass is 335 g/mol. The maximum atomic E-state index is 13.1. The number of carbonyl (C=O) groups excluding carboxylic acids is 1. The van der Waals surface area contributed by atoms with Crippen molar-refractivity contribution in [1.82, 2.24) is 10.4 Å². The molecule has 0 atom stereocenters. The number of amides is 1. The topological polar surface area (TPSA) is 57.2 Å². The maximum Gasteiger partial charge on any atom is 0.271 e. The molecule has 0 saturated carbocycles. The van der Waals surface area contributed by atoms with Gasteiger partial charge in [-0.25, -0.2) is 9.82 Å². The molecule has 1 aliphatic carbocycles. The van der Waals surface area contributed by atoms with E-state index in [9.17, 15) is 9.18 Å². The number of hydrazone groups is 1. The van der Waals surface area contributed by atoms with Crippen LogP contribution in [0.3, 0.4) is 0 Å². The molecule has 1 aromatic heterocycles. The molecule has 0 unspecified atom stereocenters. The predicted molar refractivity (Wildman–Crippen MR) is 96.4 cm³/mol. The highest BCUT2D eigenvalue weighted by atomic mass is 19.1. The van der Waals surface area contributed by atoms with Crippen LogP contribution < -0.4 is 5.43 Å². The third-order valence-corrected chi connectivity index (χ3v) is 4.59. The van der Waals surface area contributed by atoms with Gasteiger partial charge < -0.3 is 4.98 Å². The molecule has 1 aliphatic rings. The van der Waals surface area contributed by atoms with Crippen LogP contribution in [0.5, 0.6) is 0 Å². The van der Waals surface area contributed by atoms with Gasteiger partial charge in [0.05, 0.1) is 6.21 Å². The molecule has 0 saturated heterocycles. The van der Waals surface area contributed by atoms with Gasteiger partial charge >= 0.3 is 0 Å². The van der Waals surface area contributed by atoms with E-state index >= 15 is 0 Å². The molecule has 1 amide bonds. The average molecular weight is 335 g/mol. The van der Waals surface area contributed by atoms with E-state index in [-0.39, 0.29) is 11.7 Å². The first-order valence-electron chi connectivity index (χ1n) is 8.43. The van der Waals surface area contributed by atoms with Crippen molar-refractivity contribution in [2.24, 2.45) is 5.10 Å². The number of hydrogen-bond donors (Lipinski definition) is 2. The van der Waals surface area contributed by atoms with Crippen molar-refractivity contribution < 1.29 is 9.18 Å². The lowest BCUT2D eigenvalue weighted by molar-refractivity contribution is 0.0955. The van der Waals surface area contributed by atoms with E-state index in [0.29, 0.717) is 11.1 Å². The van der Waals surface area contributed by atoms with E-state index in [1.165, 1.54) is 42.4 Å². The quantitative estimate of drug-likeness (QED) is 0.553. The molecule has 25 heavy (non-hydrogen) atoms. The number of nitrogens with zero attached hydrogens (tertiary/aromatic N) is 1. The minimum Gasteiger partial charge on any atom is -0.358 e. The first kappa shape index (κ1) is 15.6. The molecule has 4 nitrogen and oxygen atoms in total. The van der Waals surface area contributed by atoms with Crippen molar-refractivity contribution >= 4 is 23.0 Å². The van der Waals surface area contributed by atoms with Crippen molar-refractivity contribution in [3.05, 3.63) is 70.7 Å². The SMILES string of the molecule is O=C(N/N=C\c1cccc(F)c1)c1ccc2[nH]c3c(c2c1)CCCC3. The van der Waals surface area contributed by atoms with Crippen molar-refractivity contribution in [1.29, 1.82) is 0 Å². The summed E-state index contributed by atoms with van der Waals surface area (Å²) in [6.07, 6.45) is 5.95. The molecule has 0 aliphatic heterocycles. The lowest BCUT2D eigenvalue weighted by Gasteiger charge is -2.10. The normalized spacial score (nSPS) is 14.0. The third-order valence-electron chi connectivity index (χ3n) is 4.59. The van der Waals surface area contributed by atoms with Gasteiger partial charge in [0.25, 0.3) is 5.91 Å². The van der Waals surface area contributed by atoms with Gasteiger partial charge in [0, 0.05) is 22.2 Å². The number of aryl methyl sites for hydroxylation is 2. The van der Waals surface area contributed by atoms with E-state index in [1.807, 2.05) is 12.1 Å². The fraction of sp³-hybridized carbons (Fsp3) is 0.200. The minimum absolute atomic E-state index is 0.277. The molecule has 0 bridgehead atoms. The Labute approximate surface area is 144 Å². The Morgan fingerprint density at radius 1 is 1.16 bits per heavy atom. The highest BCUT2D eigenvalue weighted by molar-refractivity contribution is 5.99. The van der Waals surface area contributed by atoms with Crippen LogP contribution in [0.2, 0.25) is 0 Å². The fourth-order valence-corrected chi connectivity index (χ4v) is 3.36. The summed E-state index contributed by atoms with van der Waals surface area (Å²) in [4.78, 5) is 15.8. The second kappa shape index (κ2) is 6.51. The lowest BCUT2D eigenvalue weighted by Crippen LogP contribution is -2.17. The molecule has 1 heterocycles. The first-order valence-corrected chi connectivity index (χ1v) is 8.43. The molecular weight excluding hydrogens is 317 g/mol. The Morgan fingerprint density at radius 2 is 2.04 bits per heavy atom. The Bertz CT molecular complexity index is 974. The molecule has 2 N–H and O–H groups in total. The van der Waals surface area contributed by atoms with Crippen molar-refractivity contribution in [3.63, 3.8) is 0 Å². The molecule has 4 rings (SSSR count). The molecule has 0 radical (unpaired) electrons. The summed E-state index contributed by atoms with van der Waals surface area (Å²) in [5, 5.41) is 5.04. The summed E-state index contributed by atoms with van der Waals surface area (Å²) in [7, 11) is 0. The zero-order valence-electron chi connectivity index (χ0n) is 13.7. The first-order chi connectivity index (χ1) is 12.2. The number of benzene rings is 2. The Morgan fingerprint density at radius 3 is 2.92 bits per heavy atom. The highest BCUT2D eigenvalue weighted by Crippen LogP contribution is 2.29. The number of hydrogen-bond acceptors (Lipinski definition) is 2. The van der Waals surface area contributed by atoms with E-state index < -0.39 is 0 Å². The second-order valence-electron chi connectivity index (χ2n) is 6.30. The van der Waals surface area contributed by atoms with Gasteiger partial charge in [-0.15, -0.1) is 0 Å². The summed E-state index contributed by atoms with van der Waals surface area (Å²) in [6.45, 7) is 0. The van der Waals surface area contributed by atoms with E-state index in [2.05, 4.69) is 15.5 Å². The van der Waals surface area contributed by atoms with Gasteiger partial charge in [-0.2, -0.15) is 5.10 Å². The molecule has 5 heteroatoms. The van der Waals surface area contributed by atoms with E-state index in [1.54, 1.807) is 18.2 Å². The number of fused-ring (bicyclic) bond motifs is 3. The zero-order chi connectivity index (χ0) is 17.2. The van der Waals surface area contributed by atoms with Gasteiger partial charge in [0.15, 0.2) is 0 Å². The van der Waals surface area contributed by atoms with Gasteiger partial charge in [-0.05, 0) is 67.1 Å². The Kier molecular flexibility index (Phi) is 4.06. The molecule has 3 aromatic rings. The Hall–Kier alpha value is -2.95. The number of nitrogens with one attached hydrogen (secondary N) is 2. The maximum absolute atomic E-state index is 13.1. The lowest BCUT2D eigenvalue weighted by atomic mass is 9.95. The summed E-state index contributed by atoms with van der Waals surface area (Å²) in [6, 6.07) is 11.7. The zero-order valence-corrected chi connectivity index (χ0v) is 13.7. The van der Waals surface area contributed by atoms with Gasteiger partial charge in [0.1, 0.15) is 5.82 Å². The van der Waals surface area contributed by atoms with Crippen LogP contribution in [0.1, 0.15) is 40.0 Å². The number of halogens is 1. The van der Waals surface area contributed by atoms with Crippen LogP contribution in [0.25, 0.3) is 10.9 Å². The molecular formula is C20H18FN3O. The van der Waals surface area contributed by atoms with Crippen molar-refractivity contribution in [2.45, 2.75) is 25.7 Å². The fourth-order valence-electron chi connectivity index (χ4n) is 3.36. The summed E-state index contributed by atoms with van der Waals surface area (Å²) in [5.74, 6) is -0.613. The largest absolute Gasteiger partial charge is 0.358 e. The summed E-state index contributed by atoms with van der Waals surface area (Å²) < 4.78 is 13.1. The highest BCUT2D eigenvalue weighted by Gasteiger charge is 2.16. The number of carbonyl (C=O) groups is 1. The smallest absolute Gasteiger partial charge is 0.271 e. The average Bonchev–Trinajstić information content (AvgIpc) is 2.99. The summed E-state index contributed by atoms with van der Waals surface area (Å²) >= 11 is 0. The second-order valence-corrected chi connectivity index (χ2v) is 6.30. The van der Waals surface area contributed by atoms with Crippen LogP contribution in [-0.2, 0) is 12.8 Å². The van der Waals surface area contributed by atoms with E-state index in [0.717, 1.165) is 23.7 Å². The van der Waals surface area contributed by atoms with E-state index in [4.69, 9.17) is 0 Å². The minimum atomic E-state index is -0.335. The third kappa shape index (κ3) is 3.18. The number of aromatic nitrogens is 1. The van der Waals surface area contributed by atoms with Crippen LogP contribution in [0.15, 0.2) is 47.6 Å². The predicted octanol–water partition coefficient (Wildman–Crippen LogP) is 3.95. The molecule has 0 spiro atoms. The van der Waals surface area contributed by atoms with Crippen molar-refractivity contribution in [3.8, 4) is 0 Å². The number of rotatable bonds is 3. The van der Waals surface area contributed by atoms with Crippen LogP contribution in [-0.4, -0.2) is 17.1 Å². The van der Waals surface area contributed by atoms with Gasteiger partial charge in [-0.1, -0.05) is 12.1 Å². The molecule has 0 fully saturated rings. The van der Waals surface area contributed by atoms with Crippen LogP contribution >= 0.6 is 0 Å². The number of aromatic amines is 1. The Balaban J connectivity index is 1.53. The standard InChI is InChI=1S/C20H18FN3O/c21-15-5-3-4-13(10-15)12-22-24-20(25)14-8-9-19-17(11-14)16-6-1-2-7-18(16)23-19/h3-5,8-12,23H,1-2,6-7H2,(H,24,25)/b22-12-. The van der Waals surface area contributed by atoms with Crippen LogP contribution in [0, 0.1) is 5.82 Å². The van der Waals surface area contributed by atoms with Crippen molar-refractivity contribution in [2.75, 3.05) is 0 Å². The molecule has 2 aromatic carbocycles. The van der Waals surface area contributed by atoms with Gasteiger partial charge in [-0.3, -0.25) is 4.79 Å². The molecule has 126 valence electrons. The van der Waals surface area contributed by atoms with Crippen LogP contribution in [0.4, 0.5) is 4.39 Å². The number of H-pyrrole nitrogens is 1. The summed E-state index contributed by atoms with van der Waals surface area (Å²) in [5.41, 5.74) is 7.36.